The molecule has 3 heteroatoms. The SMILES string of the molecule is CN(CC1CCCC1)CC1COCCC1O. The fourth-order valence-corrected chi connectivity index (χ4v) is 3.07. The van der Waals surface area contributed by atoms with Gasteiger partial charge in [0.1, 0.15) is 0 Å². The molecule has 0 bridgehead atoms. The van der Waals surface area contributed by atoms with E-state index in [2.05, 4.69) is 11.9 Å². The molecule has 3 nitrogen and oxygen atoms in total. The maximum Gasteiger partial charge on any atom is 0.0624 e. The van der Waals surface area contributed by atoms with Crippen molar-refractivity contribution in [3.63, 3.8) is 0 Å². The Morgan fingerprint density at radius 3 is 2.62 bits per heavy atom. The highest BCUT2D eigenvalue weighted by Gasteiger charge is 2.26. The summed E-state index contributed by atoms with van der Waals surface area (Å²) in [5.74, 6) is 1.21. The summed E-state index contributed by atoms with van der Waals surface area (Å²) >= 11 is 0. The molecule has 1 aliphatic carbocycles. The Morgan fingerprint density at radius 1 is 1.19 bits per heavy atom. The maximum absolute atomic E-state index is 9.87. The lowest BCUT2D eigenvalue weighted by molar-refractivity contribution is -0.0453. The van der Waals surface area contributed by atoms with Crippen LogP contribution in [0, 0.1) is 11.8 Å². The molecule has 2 rings (SSSR count). The first kappa shape index (κ1) is 12.3. The molecule has 0 aromatic carbocycles. The van der Waals surface area contributed by atoms with E-state index in [4.69, 9.17) is 4.74 Å². The third-order valence-electron chi connectivity index (χ3n) is 4.02. The van der Waals surface area contributed by atoms with E-state index in [9.17, 15) is 5.11 Å². The zero-order chi connectivity index (χ0) is 11.4. The summed E-state index contributed by atoms with van der Waals surface area (Å²) in [6.45, 7) is 3.64. The van der Waals surface area contributed by atoms with Crippen molar-refractivity contribution in [3.05, 3.63) is 0 Å². The van der Waals surface area contributed by atoms with Crippen molar-refractivity contribution >= 4 is 0 Å². The molecule has 1 aliphatic heterocycles. The molecular formula is C13H25NO2. The molecule has 2 unspecified atom stereocenters. The maximum atomic E-state index is 9.87. The molecule has 0 spiro atoms. The van der Waals surface area contributed by atoms with Gasteiger partial charge in [0.2, 0.25) is 0 Å². The van der Waals surface area contributed by atoms with Crippen LogP contribution in [0.1, 0.15) is 32.1 Å². The highest BCUT2D eigenvalue weighted by atomic mass is 16.5. The first-order chi connectivity index (χ1) is 7.75. The Labute approximate surface area is 98.8 Å². The van der Waals surface area contributed by atoms with Crippen LogP contribution in [0.3, 0.4) is 0 Å². The highest BCUT2D eigenvalue weighted by Crippen LogP contribution is 2.25. The normalized spacial score (nSPS) is 32.4. The molecule has 0 amide bonds. The van der Waals surface area contributed by atoms with Gasteiger partial charge in [-0.15, -0.1) is 0 Å². The quantitative estimate of drug-likeness (QED) is 0.790. The second kappa shape index (κ2) is 5.99. The second-order valence-corrected chi connectivity index (χ2v) is 5.56. The van der Waals surface area contributed by atoms with E-state index in [0.29, 0.717) is 5.92 Å². The zero-order valence-electron chi connectivity index (χ0n) is 10.4. The average Bonchev–Trinajstić information content (AvgIpc) is 2.74. The van der Waals surface area contributed by atoms with Gasteiger partial charge < -0.3 is 14.7 Å². The summed E-state index contributed by atoms with van der Waals surface area (Å²) < 4.78 is 5.44. The van der Waals surface area contributed by atoms with Gasteiger partial charge in [0.25, 0.3) is 0 Å². The van der Waals surface area contributed by atoms with E-state index < -0.39 is 0 Å². The lowest BCUT2D eigenvalue weighted by Gasteiger charge is -2.32. The van der Waals surface area contributed by atoms with Crippen LogP contribution in [-0.2, 0) is 4.74 Å². The van der Waals surface area contributed by atoms with Crippen molar-refractivity contribution < 1.29 is 9.84 Å². The van der Waals surface area contributed by atoms with Crippen LogP contribution in [0.5, 0.6) is 0 Å². The molecule has 0 aromatic rings. The van der Waals surface area contributed by atoms with E-state index in [1.807, 2.05) is 0 Å². The summed E-state index contributed by atoms with van der Waals surface area (Å²) in [4.78, 5) is 2.39. The van der Waals surface area contributed by atoms with Gasteiger partial charge in [-0.3, -0.25) is 0 Å². The number of hydrogen-bond acceptors (Lipinski definition) is 3. The van der Waals surface area contributed by atoms with Gasteiger partial charge in [-0.2, -0.15) is 0 Å². The Balaban J connectivity index is 1.70. The lowest BCUT2D eigenvalue weighted by Crippen LogP contribution is -2.40. The van der Waals surface area contributed by atoms with Crippen LogP contribution >= 0.6 is 0 Å². The third kappa shape index (κ3) is 3.44. The van der Waals surface area contributed by atoms with E-state index in [0.717, 1.165) is 32.1 Å². The smallest absolute Gasteiger partial charge is 0.0624 e. The zero-order valence-corrected chi connectivity index (χ0v) is 10.4. The van der Waals surface area contributed by atoms with Gasteiger partial charge in [0.15, 0.2) is 0 Å². The van der Waals surface area contributed by atoms with Crippen LogP contribution in [0.2, 0.25) is 0 Å². The van der Waals surface area contributed by atoms with Crippen LogP contribution in [0.4, 0.5) is 0 Å². The minimum atomic E-state index is -0.153. The Morgan fingerprint density at radius 2 is 1.94 bits per heavy atom. The van der Waals surface area contributed by atoms with Crippen molar-refractivity contribution in [2.75, 3.05) is 33.4 Å². The molecule has 16 heavy (non-hydrogen) atoms. The number of aliphatic hydroxyl groups is 1. The van der Waals surface area contributed by atoms with Gasteiger partial charge >= 0.3 is 0 Å². The van der Waals surface area contributed by atoms with E-state index >= 15 is 0 Å². The lowest BCUT2D eigenvalue weighted by atomic mass is 9.97. The largest absolute Gasteiger partial charge is 0.393 e. The molecule has 94 valence electrons. The van der Waals surface area contributed by atoms with Crippen LogP contribution in [-0.4, -0.2) is 49.5 Å². The van der Waals surface area contributed by atoms with Crippen molar-refractivity contribution in [2.45, 2.75) is 38.2 Å². The summed E-state index contributed by atoms with van der Waals surface area (Å²) in [6.07, 6.45) is 6.27. The number of ether oxygens (including phenoxy) is 1. The minimum Gasteiger partial charge on any atom is -0.393 e. The van der Waals surface area contributed by atoms with Gasteiger partial charge in [-0.1, -0.05) is 12.8 Å². The van der Waals surface area contributed by atoms with Crippen molar-refractivity contribution in [3.8, 4) is 0 Å². The highest BCUT2D eigenvalue weighted by molar-refractivity contribution is 4.77. The fraction of sp³-hybridized carbons (Fsp3) is 1.00. The summed E-state index contributed by atoms with van der Waals surface area (Å²) in [7, 11) is 2.18. The molecule has 0 radical (unpaired) electrons. The Bertz CT molecular complexity index is 204. The second-order valence-electron chi connectivity index (χ2n) is 5.56. The first-order valence-electron chi connectivity index (χ1n) is 6.70. The number of rotatable bonds is 4. The van der Waals surface area contributed by atoms with Crippen molar-refractivity contribution in [2.24, 2.45) is 11.8 Å². The molecule has 1 saturated carbocycles. The predicted octanol–water partition coefficient (Wildman–Crippen LogP) is 1.51. The Kier molecular flexibility index (Phi) is 4.62. The molecular weight excluding hydrogens is 202 g/mol. The fourth-order valence-electron chi connectivity index (χ4n) is 3.07. The van der Waals surface area contributed by atoms with Crippen molar-refractivity contribution in [1.82, 2.24) is 4.90 Å². The number of aliphatic hydroxyl groups excluding tert-OH is 1. The van der Waals surface area contributed by atoms with Gasteiger partial charge in [0, 0.05) is 25.6 Å². The Hall–Kier alpha value is -0.120. The van der Waals surface area contributed by atoms with Gasteiger partial charge in [-0.25, -0.2) is 0 Å². The number of nitrogens with zero attached hydrogens (tertiary/aromatic N) is 1. The summed E-state index contributed by atoms with van der Waals surface area (Å²) in [6, 6.07) is 0. The van der Waals surface area contributed by atoms with Crippen LogP contribution in [0.15, 0.2) is 0 Å². The van der Waals surface area contributed by atoms with Gasteiger partial charge in [-0.05, 0) is 32.2 Å². The molecule has 0 aromatic heterocycles. The molecule has 1 heterocycles. The average molecular weight is 227 g/mol. The molecule has 1 N–H and O–H groups in total. The number of hydrogen-bond donors (Lipinski definition) is 1. The first-order valence-corrected chi connectivity index (χ1v) is 6.70. The summed E-state index contributed by atoms with van der Waals surface area (Å²) in [5.41, 5.74) is 0. The monoisotopic (exact) mass is 227 g/mol. The van der Waals surface area contributed by atoms with Crippen LogP contribution < -0.4 is 0 Å². The summed E-state index contributed by atoms with van der Waals surface area (Å²) in [5, 5.41) is 9.87. The van der Waals surface area contributed by atoms with E-state index in [1.165, 1.54) is 32.2 Å². The third-order valence-corrected chi connectivity index (χ3v) is 4.02. The van der Waals surface area contributed by atoms with Crippen molar-refractivity contribution in [1.29, 1.82) is 0 Å². The molecule has 2 atom stereocenters. The van der Waals surface area contributed by atoms with Gasteiger partial charge in [0.05, 0.1) is 12.7 Å². The topological polar surface area (TPSA) is 32.7 Å². The molecule has 2 aliphatic rings. The minimum absolute atomic E-state index is 0.153. The van der Waals surface area contributed by atoms with E-state index in [-0.39, 0.29) is 6.10 Å². The predicted molar refractivity (Wildman–Crippen MR) is 64.4 cm³/mol. The van der Waals surface area contributed by atoms with E-state index in [1.54, 1.807) is 0 Å². The molecule has 2 fully saturated rings. The molecule has 1 saturated heterocycles. The van der Waals surface area contributed by atoms with Crippen LogP contribution in [0.25, 0.3) is 0 Å². The standard InChI is InChI=1S/C13H25NO2/c1-14(8-11-4-2-3-5-11)9-12-10-16-7-6-13(12)15/h11-13,15H,2-10H2,1H3.